The lowest BCUT2D eigenvalue weighted by Gasteiger charge is -2.08. The standard InChI is InChI=1S/C15H12Cl2O3/c16-13-5-4-11(7-14(13)17)9-20-12-3-1-2-10(6-12)8-15(18)19/h1-7H,8-9H2,(H,18,19). The van der Waals surface area contributed by atoms with Crippen molar-refractivity contribution in [3.05, 3.63) is 63.6 Å². The third-order valence-electron chi connectivity index (χ3n) is 2.64. The SMILES string of the molecule is O=C(O)Cc1cccc(OCc2ccc(Cl)c(Cl)c2)c1. The molecular weight excluding hydrogens is 299 g/mol. The van der Waals surface area contributed by atoms with Gasteiger partial charge in [0.2, 0.25) is 0 Å². The molecule has 0 unspecified atom stereocenters. The molecule has 0 atom stereocenters. The van der Waals surface area contributed by atoms with Crippen molar-refractivity contribution >= 4 is 29.2 Å². The molecule has 20 heavy (non-hydrogen) atoms. The fraction of sp³-hybridized carbons (Fsp3) is 0.133. The normalized spacial score (nSPS) is 10.3. The summed E-state index contributed by atoms with van der Waals surface area (Å²) in [5.74, 6) is -0.249. The number of carboxylic acids is 1. The van der Waals surface area contributed by atoms with E-state index >= 15 is 0 Å². The summed E-state index contributed by atoms with van der Waals surface area (Å²) < 4.78 is 5.61. The predicted octanol–water partition coefficient (Wildman–Crippen LogP) is 4.20. The molecule has 0 amide bonds. The van der Waals surface area contributed by atoms with Crippen LogP contribution in [-0.4, -0.2) is 11.1 Å². The Bertz CT molecular complexity index is 626. The van der Waals surface area contributed by atoms with Crippen LogP contribution in [0.5, 0.6) is 5.75 Å². The third-order valence-corrected chi connectivity index (χ3v) is 3.38. The molecule has 104 valence electrons. The Morgan fingerprint density at radius 1 is 1.05 bits per heavy atom. The van der Waals surface area contributed by atoms with Crippen LogP contribution in [0.4, 0.5) is 0 Å². The van der Waals surface area contributed by atoms with Crippen molar-refractivity contribution in [2.24, 2.45) is 0 Å². The number of carboxylic acid groups (broad SMARTS) is 1. The lowest BCUT2D eigenvalue weighted by atomic mass is 10.1. The summed E-state index contributed by atoms with van der Waals surface area (Å²) >= 11 is 11.8. The van der Waals surface area contributed by atoms with Gasteiger partial charge in [-0.05, 0) is 35.4 Å². The molecule has 0 aliphatic carbocycles. The molecule has 0 heterocycles. The molecule has 0 spiro atoms. The minimum atomic E-state index is -0.869. The molecular formula is C15H12Cl2O3. The number of hydrogen-bond acceptors (Lipinski definition) is 2. The van der Waals surface area contributed by atoms with E-state index in [0.29, 0.717) is 28.0 Å². The van der Waals surface area contributed by atoms with Crippen LogP contribution in [0.2, 0.25) is 10.0 Å². The van der Waals surface area contributed by atoms with Gasteiger partial charge < -0.3 is 9.84 Å². The van der Waals surface area contributed by atoms with Crippen LogP contribution in [0.3, 0.4) is 0 Å². The van der Waals surface area contributed by atoms with Gasteiger partial charge in [-0.25, -0.2) is 0 Å². The monoisotopic (exact) mass is 310 g/mol. The average molecular weight is 311 g/mol. The molecule has 2 rings (SSSR count). The summed E-state index contributed by atoms with van der Waals surface area (Å²) in [4.78, 5) is 10.7. The smallest absolute Gasteiger partial charge is 0.307 e. The number of carbonyl (C=O) groups is 1. The first-order valence-electron chi connectivity index (χ1n) is 5.92. The lowest BCUT2D eigenvalue weighted by molar-refractivity contribution is -0.136. The largest absolute Gasteiger partial charge is 0.489 e. The van der Waals surface area contributed by atoms with Crippen molar-refractivity contribution in [2.45, 2.75) is 13.0 Å². The predicted molar refractivity (Wildman–Crippen MR) is 78.6 cm³/mol. The van der Waals surface area contributed by atoms with Crippen molar-refractivity contribution < 1.29 is 14.6 Å². The lowest BCUT2D eigenvalue weighted by Crippen LogP contribution is -2.01. The average Bonchev–Trinajstić information content (AvgIpc) is 2.40. The van der Waals surface area contributed by atoms with Crippen molar-refractivity contribution in [3.8, 4) is 5.75 Å². The highest BCUT2D eigenvalue weighted by Gasteiger charge is 2.03. The fourth-order valence-electron chi connectivity index (χ4n) is 1.72. The van der Waals surface area contributed by atoms with Crippen molar-refractivity contribution in [1.82, 2.24) is 0 Å². The Labute approximate surface area is 126 Å². The van der Waals surface area contributed by atoms with E-state index < -0.39 is 5.97 Å². The number of ether oxygens (including phenoxy) is 1. The van der Waals surface area contributed by atoms with Gasteiger partial charge in [-0.3, -0.25) is 4.79 Å². The molecule has 1 N–H and O–H groups in total. The molecule has 5 heteroatoms. The molecule has 0 aliphatic rings. The van der Waals surface area contributed by atoms with E-state index in [1.807, 2.05) is 6.07 Å². The Balaban J connectivity index is 2.03. The maximum absolute atomic E-state index is 10.7. The second-order valence-electron chi connectivity index (χ2n) is 4.26. The molecule has 0 aromatic heterocycles. The van der Waals surface area contributed by atoms with Crippen molar-refractivity contribution in [3.63, 3.8) is 0 Å². The Kier molecular flexibility index (Phi) is 4.88. The Morgan fingerprint density at radius 2 is 1.85 bits per heavy atom. The fourth-order valence-corrected chi connectivity index (χ4v) is 2.04. The number of aliphatic carboxylic acids is 1. The van der Waals surface area contributed by atoms with Crippen LogP contribution in [0, 0.1) is 0 Å². The van der Waals surface area contributed by atoms with E-state index in [4.69, 9.17) is 33.0 Å². The van der Waals surface area contributed by atoms with E-state index in [1.54, 1.807) is 36.4 Å². The molecule has 0 saturated heterocycles. The molecule has 0 fully saturated rings. The first kappa shape index (κ1) is 14.7. The number of halogens is 2. The Morgan fingerprint density at radius 3 is 2.55 bits per heavy atom. The van der Waals surface area contributed by atoms with E-state index in [-0.39, 0.29) is 6.42 Å². The first-order chi connectivity index (χ1) is 9.54. The van der Waals surface area contributed by atoms with Crippen LogP contribution >= 0.6 is 23.2 Å². The Hall–Kier alpha value is -1.71. The zero-order chi connectivity index (χ0) is 14.5. The van der Waals surface area contributed by atoms with Crippen molar-refractivity contribution in [1.29, 1.82) is 0 Å². The van der Waals surface area contributed by atoms with Crippen molar-refractivity contribution in [2.75, 3.05) is 0 Å². The quantitative estimate of drug-likeness (QED) is 0.900. The summed E-state index contributed by atoms with van der Waals surface area (Å²) in [6.45, 7) is 0.341. The van der Waals surface area contributed by atoms with E-state index in [9.17, 15) is 4.79 Å². The number of rotatable bonds is 5. The van der Waals surface area contributed by atoms with Crippen LogP contribution in [0.15, 0.2) is 42.5 Å². The van der Waals surface area contributed by atoms with Gasteiger partial charge in [0, 0.05) is 0 Å². The number of hydrogen-bond donors (Lipinski definition) is 1. The van der Waals surface area contributed by atoms with Crippen LogP contribution < -0.4 is 4.74 Å². The minimum Gasteiger partial charge on any atom is -0.489 e. The van der Waals surface area contributed by atoms with Gasteiger partial charge in [0.15, 0.2) is 0 Å². The number of benzene rings is 2. The molecule has 2 aromatic carbocycles. The van der Waals surface area contributed by atoms with Crippen LogP contribution in [0.25, 0.3) is 0 Å². The van der Waals surface area contributed by atoms with Gasteiger partial charge in [-0.15, -0.1) is 0 Å². The molecule has 2 aromatic rings. The van der Waals surface area contributed by atoms with Gasteiger partial charge in [0.25, 0.3) is 0 Å². The van der Waals surface area contributed by atoms with Gasteiger partial charge >= 0.3 is 5.97 Å². The summed E-state index contributed by atoms with van der Waals surface area (Å²) in [5, 5.41) is 9.73. The summed E-state index contributed by atoms with van der Waals surface area (Å²) in [5.41, 5.74) is 1.59. The highest BCUT2D eigenvalue weighted by Crippen LogP contribution is 2.23. The second-order valence-corrected chi connectivity index (χ2v) is 5.07. The van der Waals surface area contributed by atoms with E-state index in [0.717, 1.165) is 5.56 Å². The van der Waals surface area contributed by atoms with Gasteiger partial charge in [0.1, 0.15) is 12.4 Å². The maximum atomic E-state index is 10.7. The van der Waals surface area contributed by atoms with E-state index in [2.05, 4.69) is 0 Å². The first-order valence-corrected chi connectivity index (χ1v) is 6.67. The van der Waals surface area contributed by atoms with E-state index in [1.165, 1.54) is 0 Å². The van der Waals surface area contributed by atoms with Crippen LogP contribution in [0.1, 0.15) is 11.1 Å². The summed E-state index contributed by atoms with van der Waals surface area (Å²) in [6, 6.07) is 12.3. The minimum absolute atomic E-state index is 0.0238. The van der Waals surface area contributed by atoms with Gasteiger partial charge in [-0.2, -0.15) is 0 Å². The zero-order valence-corrected chi connectivity index (χ0v) is 12.0. The molecule has 0 saturated carbocycles. The van der Waals surface area contributed by atoms with Gasteiger partial charge in [-0.1, -0.05) is 41.4 Å². The second kappa shape index (κ2) is 6.64. The topological polar surface area (TPSA) is 46.5 Å². The van der Waals surface area contributed by atoms with Crippen LogP contribution in [-0.2, 0) is 17.8 Å². The summed E-state index contributed by atoms with van der Waals surface area (Å²) in [6.07, 6.45) is -0.0238. The highest BCUT2D eigenvalue weighted by molar-refractivity contribution is 6.42. The zero-order valence-electron chi connectivity index (χ0n) is 10.5. The maximum Gasteiger partial charge on any atom is 0.307 e. The third kappa shape index (κ3) is 4.15. The molecule has 0 aliphatic heterocycles. The highest BCUT2D eigenvalue weighted by atomic mass is 35.5. The molecule has 0 bridgehead atoms. The molecule has 3 nitrogen and oxygen atoms in total. The van der Waals surface area contributed by atoms with Gasteiger partial charge in [0.05, 0.1) is 16.5 Å². The molecule has 0 radical (unpaired) electrons. The summed E-state index contributed by atoms with van der Waals surface area (Å²) in [7, 11) is 0.